The van der Waals surface area contributed by atoms with Crippen LogP contribution in [0.2, 0.25) is 0 Å². The van der Waals surface area contributed by atoms with E-state index in [2.05, 4.69) is 0 Å². The van der Waals surface area contributed by atoms with Crippen LogP contribution in [0.5, 0.6) is 5.75 Å². The van der Waals surface area contributed by atoms with Crippen molar-refractivity contribution in [2.75, 3.05) is 6.61 Å². The molecule has 0 fully saturated rings. The number of nitro benzene ring substituents is 1. The molecule has 20 heavy (non-hydrogen) atoms. The molecule has 0 amide bonds. The highest BCUT2D eigenvalue weighted by atomic mass is 19.1. The smallest absolute Gasteiger partial charge is 0.314 e. The number of unbranched alkanes of at least 4 members (excludes halogenated alkanes) is 1. The molecule has 7 heteroatoms. The van der Waals surface area contributed by atoms with E-state index in [0.717, 1.165) is 6.07 Å². The Hall–Kier alpha value is -2.20. The minimum atomic E-state index is -0.899. The first-order valence-electron chi connectivity index (χ1n) is 6.13. The molecule has 0 radical (unpaired) electrons. The molecule has 1 aromatic rings. The minimum Gasteiger partial charge on any atom is -0.485 e. The Balaban J connectivity index is 2.51. The van der Waals surface area contributed by atoms with Gasteiger partial charge in [0.2, 0.25) is 5.75 Å². The maximum absolute atomic E-state index is 13.5. The fourth-order valence-electron chi connectivity index (χ4n) is 1.61. The first kappa shape index (κ1) is 15.9. The Morgan fingerprint density at radius 1 is 1.55 bits per heavy atom. The SMILES string of the molecule is CC(N)(C#N)CCCCOc1c(F)cccc1[N+](=O)[O-]. The van der Waals surface area contributed by atoms with Gasteiger partial charge < -0.3 is 10.5 Å². The Morgan fingerprint density at radius 2 is 2.25 bits per heavy atom. The summed E-state index contributed by atoms with van der Waals surface area (Å²) >= 11 is 0. The lowest BCUT2D eigenvalue weighted by atomic mass is 9.98. The van der Waals surface area contributed by atoms with E-state index >= 15 is 0 Å². The molecule has 0 aliphatic carbocycles. The topological polar surface area (TPSA) is 102 Å². The number of halogens is 1. The summed E-state index contributed by atoms with van der Waals surface area (Å²) in [5.74, 6) is -1.12. The molecule has 6 nitrogen and oxygen atoms in total. The molecule has 1 unspecified atom stereocenters. The van der Waals surface area contributed by atoms with Crippen LogP contribution in [-0.4, -0.2) is 17.1 Å². The van der Waals surface area contributed by atoms with Gasteiger partial charge in [-0.05, 0) is 32.3 Å². The number of nitrogens with two attached hydrogens (primary N) is 1. The second-order valence-corrected chi connectivity index (χ2v) is 4.68. The van der Waals surface area contributed by atoms with Gasteiger partial charge in [0.1, 0.15) is 5.54 Å². The Morgan fingerprint density at radius 3 is 2.85 bits per heavy atom. The number of hydrogen-bond acceptors (Lipinski definition) is 5. The third-order valence-corrected chi connectivity index (χ3v) is 2.74. The zero-order valence-corrected chi connectivity index (χ0v) is 11.1. The van der Waals surface area contributed by atoms with Gasteiger partial charge in [-0.3, -0.25) is 10.1 Å². The van der Waals surface area contributed by atoms with Gasteiger partial charge in [-0.25, -0.2) is 4.39 Å². The molecule has 2 N–H and O–H groups in total. The molecule has 0 heterocycles. The molecule has 0 aliphatic heterocycles. The van der Waals surface area contributed by atoms with Gasteiger partial charge in [0, 0.05) is 6.07 Å². The molecule has 1 rings (SSSR count). The summed E-state index contributed by atoms with van der Waals surface area (Å²) in [6.45, 7) is 1.75. The van der Waals surface area contributed by atoms with Crippen molar-refractivity contribution in [3.05, 3.63) is 34.1 Å². The Kier molecular flexibility index (Phi) is 5.41. The van der Waals surface area contributed by atoms with Crippen LogP contribution in [0.1, 0.15) is 26.2 Å². The monoisotopic (exact) mass is 281 g/mol. The largest absolute Gasteiger partial charge is 0.485 e. The van der Waals surface area contributed by atoms with E-state index in [4.69, 9.17) is 15.7 Å². The lowest BCUT2D eigenvalue weighted by Gasteiger charge is -2.14. The zero-order chi connectivity index (χ0) is 15.2. The third kappa shape index (κ3) is 4.48. The van der Waals surface area contributed by atoms with Gasteiger partial charge in [-0.15, -0.1) is 0 Å². The van der Waals surface area contributed by atoms with Gasteiger partial charge in [-0.1, -0.05) is 6.07 Å². The van der Waals surface area contributed by atoms with Crippen LogP contribution in [0.3, 0.4) is 0 Å². The molecule has 0 spiro atoms. The van der Waals surface area contributed by atoms with E-state index < -0.39 is 22.0 Å². The van der Waals surface area contributed by atoms with Crippen molar-refractivity contribution >= 4 is 5.69 Å². The number of ether oxygens (including phenoxy) is 1. The molecule has 0 saturated carbocycles. The van der Waals surface area contributed by atoms with Gasteiger partial charge >= 0.3 is 5.69 Å². The molecule has 0 bridgehead atoms. The average Bonchev–Trinajstić information content (AvgIpc) is 2.39. The summed E-state index contributed by atoms with van der Waals surface area (Å²) in [5, 5.41) is 19.5. The van der Waals surface area contributed by atoms with Crippen LogP contribution in [0.25, 0.3) is 0 Å². The van der Waals surface area contributed by atoms with Gasteiger partial charge in [-0.2, -0.15) is 5.26 Å². The van der Waals surface area contributed by atoms with Crippen molar-refractivity contribution in [1.29, 1.82) is 5.26 Å². The van der Waals surface area contributed by atoms with E-state index in [-0.39, 0.29) is 12.4 Å². The highest BCUT2D eigenvalue weighted by Gasteiger charge is 2.20. The van der Waals surface area contributed by atoms with Crippen molar-refractivity contribution in [2.24, 2.45) is 5.73 Å². The first-order chi connectivity index (χ1) is 9.37. The molecule has 108 valence electrons. The molecule has 1 aromatic carbocycles. The third-order valence-electron chi connectivity index (χ3n) is 2.74. The molecular weight excluding hydrogens is 265 g/mol. The lowest BCUT2D eigenvalue weighted by molar-refractivity contribution is -0.386. The Labute approximate surface area is 116 Å². The number of para-hydroxylation sites is 1. The van der Waals surface area contributed by atoms with Crippen LogP contribution < -0.4 is 10.5 Å². The molecule has 0 aliphatic rings. The Bertz CT molecular complexity index is 526. The van der Waals surface area contributed by atoms with Crippen LogP contribution in [0, 0.1) is 27.3 Å². The van der Waals surface area contributed by atoms with Crippen molar-refractivity contribution < 1.29 is 14.1 Å². The summed E-state index contributed by atoms with van der Waals surface area (Å²) in [5.41, 5.74) is 4.35. The van der Waals surface area contributed by atoms with Gasteiger partial charge in [0.25, 0.3) is 0 Å². The van der Waals surface area contributed by atoms with Gasteiger partial charge in [0.05, 0.1) is 17.6 Å². The fraction of sp³-hybridized carbons (Fsp3) is 0.462. The summed E-state index contributed by atoms with van der Waals surface area (Å²) in [7, 11) is 0. The fourth-order valence-corrected chi connectivity index (χ4v) is 1.61. The number of nitriles is 1. The average molecular weight is 281 g/mol. The molecule has 1 atom stereocenters. The summed E-state index contributed by atoms with van der Waals surface area (Å²) in [4.78, 5) is 10.1. The number of benzene rings is 1. The van der Waals surface area contributed by atoms with Crippen molar-refractivity contribution in [2.45, 2.75) is 31.7 Å². The van der Waals surface area contributed by atoms with Crippen molar-refractivity contribution in [3.63, 3.8) is 0 Å². The van der Waals surface area contributed by atoms with E-state index in [9.17, 15) is 14.5 Å². The molecule has 0 saturated heterocycles. The second-order valence-electron chi connectivity index (χ2n) is 4.68. The maximum Gasteiger partial charge on any atom is 0.314 e. The number of nitrogens with zero attached hydrogens (tertiary/aromatic N) is 2. The predicted octanol–water partition coefficient (Wildman–Crippen LogP) is 2.52. The van der Waals surface area contributed by atoms with E-state index in [1.54, 1.807) is 6.92 Å². The van der Waals surface area contributed by atoms with E-state index in [1.165, 1.54) is 12.1 Å². The normalized spacial score (nSPS) is 13.3. The minimum absolute atomic E-state index is 0.128. The molecule has 0 aromatic heterocycles. The van der Waals surface area contributed by atoms with Crippen molar-refractivity contribution in [3.8, 4) is 11.8 Å². The maximum atomic E-state index is 13.5. The van der Waals surface area contributed by atoms with Gasteiger partial charge in [0.15, 0.2) is 5.82 Å². The predicted molar refractivity (Wildman–Crippen MR) is 70.6 cm³/mol. The highest BCUT2D eigenvalue weighted by Crippen LogP contribution is 2.29. The van der Waals surface area contributed by atoms with Crippen LogP contribution in [0.15, 0.2) is 18.2 Å². The van der Waals surface area contributed by atoms with Crippen LogP contribution in [0.4, 0.5) is 10.1 Å². The zero-order valence-electron chi connectivity index (χ0n) is 11.1. The number of hydrogen-bond donors (Lipinski definition) is 1. The standard InChI is InChI=1S/C13H16FN3O3/c1-13(16,9-15)7-2-3-8-20-12-10(14)5-4-6-11(12)17(18)19/h4-6H,2-3,7-8,16H2,1H3. The number of nitro groups is 1. The lowest BCUT2D eigenvalue weighted by Crippen LogP contribution is -2.33. The second kappa shape index (κ2) is 6.82. The number of rotatable bonds is 7. The van der Waals surface area contributed by atoms with Crippen LogP contribution >= 0.6 is 0 Å². The highest BCUT2D eigenvalue weighted by molar-refractivity contribution is 5.46. The first-order valence-corrected chi connectivity index (χ1v) is 6.13. The summed E-state index contributed by atoms with van der Waals surface area (Å²) in [6, 6.07) is 5.52. The summed E-state index contributed by atoms with van der Waals surface area (Å²) < 4.78 is 18.6. The van der Waals surface area contributed by atoms with Crippen molar-refractivity contribution in [1.82, 2.24) is 0 Å². The van der Waals surface area contributed by atoms with E-state index in [1.807, 2.05) is 6.07 Å². The van der Waals surface area contributed by atoms with E-state index in [0.29, 0.717) is 19.3 Å². The summed E-state index contributed by atoms with van der Waals surface area (Å²) in [6.07, 6.45) is 1.62. The quantitative estimate of drug-likeness (QED) is 0.470. The molecular formula is C13H16FN3O3. The van der Waals surface area contributed by atoms with Crippen LogP contribution in [-0.2, 0) is 0 Å².